The Morgan fingerprint density at radius 2 is 2.29 bits per heavy atom. The van der Waals surface area contributed by atoms with Crippen molar-refractivity contribution in [3.8, 4) is 0 Å². The third-order valence-electron chi connectivity index (χ3n) is 2.66. The maximum Gasteiger partial charge on any atom is 0.253 e. The molecule has 0 saturated carbocycles. The number of nitrogen functional groups attached to an aromatic ring is 1. The molecule has 0 aliphatic carbocycles. The molecule has 17 heavy (non-hydrogen) atoms. The van der Waals surface area contributed by atoms with Gasteiger partial charge in [-0.3, -0.25) is 15.6 Å². The van der Waals surface area contributed by atoms with Crippen LogP contribution in [0.2, 0.25) is 0 Å². The Hall–Kier alpha value is -1.66. The predicted molar refractivity (Wildman–Crippen MR) is 67.5 cm³/mol. The van der Waals surface area contributed by atoms with Gasteiger partial charge in [-0.1, -0.05) is 0 Å². The largest absolute Gasteiger partial charge is 0.350 e. The number of nitrogens with two attached hydrogens (primary N) is 1. The monoisotopic (exact) mass is 237 g/mol. The standard InChI is InChI=1S/C11H19N5O/c1-8(16(2)3)6-14-11(17)9-4-5-13-7-10(9)15-12/h4-5,7-8,15H,6,12H2,1-3H3,(H,14,17). The number of hydrazine groups is 1. The third kappa shape index (κ3) is 3.69. The number of amides is 1. The number of nitrogens with zero attached hydrogens (tertiary/aromatic N) is 2. The van der Waals surface area contributed by atoms with Gasteiger partial charge in [-0.05, 0) is 27.1 Å². The first-order chi connectivity index (χ1) is 8.06. The lowest BCUT2D eigenvalue weighted by molar-refractivity contribution is 0.0944. The number of hydrogen-bond acceptors (Lipinski definition) is 5. The summed E-state index contributed by atoms with van der Waals surface area (Å²) >= 11 is 0. The number of hydrogen-bond donors (Lipinski definition) is 3. The van der Waals surface area contributed by atoms with Crippen LogP contribution in [0.15, 0.2) is 18.5 Å². The second kappa shape index (κ2) is 6.17. The molecule has 6 nitrogen and oxygen atoms in total. The maximum atomic E-state index is 11.9. The van der Waals surface area contributed by atoms with Crippen LogP contribution in [0.1, 0.15) is 17.3 Å². The molecule has 0 fully saturated rings. The van der Waals surface area contributed by atoms with Gasteiger partial charge >= 0.3 is 0 Å². The molecule has 0 aromatic carbocycles. The lowest BCUT2D eigenvalue weighted by Gasteiger charge is -2.20. The van der Waals surface area contributed by atoms with Gasteiger partial charge < -0.3 is 15.6 Å². The van der Waals surface area contributed by atoms with Gasteiger partial charge in [0.15, 0.2) is 0 Å². The first-order valence-electron chi connectivity index (χ1n) is 5.41. The van der Waals surface area contributed by atoms with Crippen LogP contribution in [0.5, 0.6) is 0 Å². The fraction of sp³-hybridized carbons (Fsp3) is 0.455. The molecule has 94 valence electrons. The van der Waals surface area contributed by atoms with Crippen molar-refractivity contribution in [3.63, 3.8) is 0 Å². The van der Waals surface area contributed by atoms with E-state index in [0.29, 0.717) is 17.8 Å². The third-order valence-corrected chi connectivity index (χ3v) is 2.66. The van der Waals surface area contributed by atoms with E-state index >= 15 is 0 Å². The Bertz CT molecular complexity index is 380. The van der Waals surface area contributed by atoms with E-state index < -0.39 is 0 Å². The Labute approximate surface area is 101 Å². The Morgan fingerprint density at radius 1 is 1.59 bits per heavy atom. The van der Waals surface area contributed by atoms with E-state index in [2.05, 4.69) is 15.7 Å². The fourth-order valence-corrected chi connectivity index (χ4v) is 1.23. The Kier molecular flexibility index (Phi) is 4.86. The van der Waals surface area contributed by atoms with Crippen molar-refractivity contribution >= 4 is 11.6 Å². The SMILES string of the molecule is CC(CNC(=O)c1ccncc1NN)N(C)C. The van der Waals surface area contributed by atoms with Crippen molar-refractivity contribution in [1.29, 1.82) is 0 Å². The molecule has 0 aliphatic heterocycles. The fourth-order valence-electron chi connectivity index (χ4n) is 1.23. The van der Waals surface area contributed by atoms with Crippen LogP contribution in [-0.2, 0) is 0 Å². The first-order valence-corrected chi connectivity index (χ1v) is 5.41. The normalized spacial score (nSPS) is 12.3. The van der Waals surface area contributed by atoms with Crippen LogP contribution < -0.4 is 16.6 Å². The van der Waals surface area contributed by atoms with Crippen LogP contribution in [0.3, 0.4) is 0 Å². The molecule has 1 rings (SSSR count). The average molecular weight is 237 g/mol. The summed E-state index contributed by atoms with van der Waals surface area (Å²) in [6.45, 7) is 2.62. The minimum absolute atomic E-state index is 0.158. The number of likely N-dealkylation sites (N-methyl/N-ethyl adjacent to an activating group) is 1. The summed E-state index contributed by atoms with van der Waals surface area (Å²) in [5.41, 5.74) is 3.46. The molecule has 1 atom stereocenters. The number of nitrogens with one attached hydrogen (secondary N) is 2. The first kappa shape index (κ1) is 13.4. The van der Waals surface area contributed by atoms with Gasteiger partial charge in [0.1, 0.15) is 0 Å². The van der Waals surface area contributed by atoms with Crippen molar-refractivity contribution < 1.29 is 4.79 Å². The van der Waals surface area contributed by atoms with Gasteiger partial charge in [-0.2, -0.15) is 0 Å². The minimum Gasteiger partial charge on any atom is -0.350 e. The highest BCUT2D eigenvalue weighted by molar-refractivity contribution is 5.99. The molecule has 0 radical (unpaired) electrons. The lowest BCUT2D eigenvalue weighted by atomic mass is 10.2. The highest BCUT2D eigenvalue weighted by Crippen LogP contribution is 2.11. The van der Waals surface area contributed by atoms with E-state index in [4.69, 9.17) is 5.84 Å². The number of pyridine rings is 1. The summed E-state index contributed by atoms with van der Waals surface area (Å²) in [5, 5.41) is 2.85. The lowest BCUT2D eigenvalue weighted by Crippen LogP contribution is -2.38. The van der Waals surface area contributed by atoms with Crippen molar-refractivity contribution in [1.82, 2.24) is 15.2 Å². The molecule has 0 aliphatic rings. The van der Waals surface area contributed by atoms with Gasteiger partial charge in [0.05, 0.1) is 17.4 Å². The predicted octanol–water partition coefficient (Wildman–Crippen LogP) is 0.0471. The highest BCUT2D eigenvalue weighted by Gasteiger charge is 2.12. The van der Waals surface area contributed by atoms with Crippen LogP contribution in [-0.4, -0.2) is 42.5 Å². The van der Waals surface area contributed by atoms with Gasteiger partial charge in [0.2, 0.25) is 0 Å². The zero-order chi connectivity index (χ0) is 12.8. The molecule has 6 heteroatoms. The summed E-state index contributed by atoms with van der Waals surface area (Å²) in [6.07, 6.45) is 3.08. The average Bonchev–Trinajstić information content (AvgIpc) is 2.35. The quantitative estimate of drug-likeness (QED) is 0.498. The molecular weight excluding hydrogens is 218 g/mol. The number of aromatic nitrogens is 1. The second-order valence-corrected chi connectivity index (χ2v) is 4.09. The van der Waals surface area contributed by atoms with Gasteiger partial charge in [-0.15, -0.1) is 0 Å². The molecule has 4 N–H and O–H groups in total. The van der Waals surface area contributed by atoms with Crippen molar-refractivity contribution in [3.05, 3.63) is 24.0 Å². The van der Waals surface area contributed by atoms with E-state index in [0.717, 1.165) is 0 Å². The highest BCUT2D eigenvalue weighted by atomic mass is 16.1. The zero-order valence-corrected chi connectivity index (χ0v) is 10.4. The van der Waals surface area contributed by atoms with Crippen LogP contribution in [0, 0.1) is 0 Å². The summed E-state index contributed by atoms with van der Waals surface area (Å²) < 4.78 is 0. The smallest absolute Gasteiger partial charge is 0.253 e. The molecule has 1 aromatic heterocycles. The van der Waals surface area contributed by atoms with E-state index in [1.165, 1.54) is 6.20 Å². The van der Waals surface area contributed by atoms with Gasteiger partial charge in [0.25, 0.3) is 5.91 Å². The molecular formula is C11H19N5O. The van der Waals surface area contributed by atoms with E-state index in [9.17, 15) is 4.79 Å². The Morgan fingerprint density at radius 3 is 2.88 bits per heavy atom. The number of rotatable bonds is 5. The molecule has 0 spiro atoms. The Balaban J connectivity index is 2.64. The molecule has 1 unspecified atom stereocenters. The summed E-state index contributed by atoms with van der Waals surface area (Å²) in [5.74, 6) is 5.16. The topological polar surface area (TPSA) is 83.3 Å². The summed E-state index contributed by atoms with van der Waals surface area (Å²) in [4.78, 5) is 17.8. The molecule has 0 saturated heterocycles. The molecule has 1 amide bonds. The van der Waals surface area contributed by atoms with Crippen molar-refractivity contribution in [2.75, 3.05) is 26.1 Å². The van der Waals surface area contributed by atoms with E-state index in [1.54, 1.807) is 12.3 Å². The van der Waals surface area contributed by atoms with Gasteiger partial charge in [-0.25, -0.2) is 0 Å². The number of anilines is 1. The summed E-state index contributed by atoms with van der Waals surface area (Å²) in [6, 6.07) is 1.90. The minimum atomic E-state index is -0.158. The van der Waals surface area contributed by atoms with E-state index in [1.807, 2.05) is 25.9 Å². The molecule has 1 aromatic rings. The molecule has 0 bridgehead atoms. The second-order valence-electron chi connectivity index (χ2n) is 4.09. The maximum absolute atomic E-state index is 11.9. The van der Waals surface area contributed by atoms with Crippen molar-refractivity contribution in [2.24, 2.45) is 5.84 Å². The van der Waals surface area contributed by atoms with E-state index in [-0.39, 0.29) is 11.9 Å². The van der Waals surface area contributed by atoms with Crippen LogP contribution >= 0.6 is 0 Å². The van der Waals surface area contributed by atoms with Gasteiger partial charge in [0, 0.05) is 18.8 Å². The summed E-state index contributed by atoms with van der Waals surface area (Å²) in [7, 11) is 3.94. The van der Waals surface area contributed by atoms with Crippen molar-refractivity contribution in [2.45, 2.75) is 13.0 Å². The zero-order valence-electron chi connectivity index (χ0n) is 10.4. The number of carbonyl (C=O) groups excluding carboxylic acids is 1. The van der Waals surface area contributed by atoms with Crippen LogP contribution in [0.4, 0.5) is 5.69 Å². The number of carbonyl (C=O) groups is 1. The van der Waals surface area contributed by atoms with Crippen LogP contribution in [0.25, 0.3) is 0 Å². The molecule has 1 heterocycles.